The van der Waals surface area contributed by atoms with Crippen molar-refractivity contribution < 1.29 is 9.53 Å². The zero-order valence-corrected chi connectivity index (χ0v) is 18.2. The molecule has 0 saturated carbocycles. The summed E-state index contributed by atoms with van der Waals surface area (Å²) >= 11 is 0. The Morgan fingerprint density at radius 2 is 1.90 bits per heavy atom. The van der Waals surface area contributed by atoms with E-state index in [1.165, 1.54) is 0 Å². The van der Waals surface area contributed by atoms with Gasteiger partial charge in [0.1, 0.15) is 11.4 Å². The van der Waals surface area contributed by atoms with Crippen LogP contribution in [0.1, 0.15) is 37.9 Å². The van der Waals surface area contributed by atoms with Gasteiger partial charge >= 0.3 is 0 Å². The van der Waals surface area contributed by atoms with E-state index in [4.69, 9.17) is 4.74 Å². The first-order valence-electron chi connectivity index (χ1n) is 10.5. The van der Waals surface area contributed by atoms with Crippen LogP contribution in [-0.4, -0.2) is 39.1 Å². The van der Waals surface area contributed by atoms with Gasteiger partial charge in [0.2, 0.25) is 5.91 Å². The molecule has 0 spiro atoms. The molecular weight excluding hydrogens is 392 g/mol. The maximum absolute atomic E-state index is 12.5. The maximum atomic E-state index is 12.5. The molecule has 3 aromatic rings. The molecule has 1 amide bonds. The lowest BCUT2D eigenvalue weighted by atomic mass is 10.2. The minimum Gasteiger partial charge on any atom is -0.491 e. The summed E-state index contributed by atoms with van der Waals surface area (Å²) in [6.45, 7) is 4.58. The normalized spacial score (nSPS) is 11.7. The SMILES string of the molecule is CC[C@H](C)Oc1cccc(-c2nnc(CCC(=O)N(C)Cc3ccccc3)c(=O)[nH]2)c1. The Balaban J connectivity index is 1.63. The molecule has 0 bridgehead atoms. The van der Waals surface area contributed by atoms with Crippen LogP contribution in [0.3, 0.4) is 0 Å². The van der Waals surface area contributed by atoms with Crippen LogP contribution in [0.2, 0.25) is 0 Å². The number of aryl methyl sites for hydroxylation is 1. The molecule has 0 aliphatic carbocycles. The highest BCUT2D eigenvalue weighted by molar-refractivity contribution is 5.76. The van der Waals surface area contributed by atoms with Crippen molar-refractivity contribution in [2.75, 3.05) is 7.05 Å². The Morgan fingerprint density at radius 1 is 1.13 bits per heavy atom. The average molecular weight is 421 g/mol. The van der Waals surface area contributed by atoms with E-state index in [1.807, 2.05) is 61.5 Å². The van der Waals surface area contributed by atoms with Gasteiger partial charge in [-0.2, -0.15) is 0 Å². The lowest BCUT2D eigenvalue weighted by molar-refractivity contribution is -0.130. The van der Waals surface area contributed by atoms with E-state index in [2.05, 4.69) is 22.1 Å². The average Bonchev–Trinajstić information content (AvgIpc) is 2.78. The number of rotatable bonds is 9. The van der Waals surface area contributed by atoms with Gasteiger partial charge in [0.05, 0.1) is 6.10 Å². The number of nitrogens with zero attached hydrogens (tertiary/aromatic N) is 3. The van der Waals surface area contributed by atoms with Gasteiger partial charge in [-0.05, 0) is 31.0 Å². The molecule has 0 saturated heterocycles. The second-order valence-electron chi connectivity index (χ2n) is 7.55. The monoisotopic (exact) mass is 420 g/mol. The zero-order chi connectivity index (χ0) is 22.2. The summed E-state index contributed by atoms with van der Waals surface area (Å²) in [6, 6.07) is 17.2. The summed E-state index contributed by atoms with van der Waals surface area (Å²) in [4.78, 5) is 29.3. The molecule has 1 atom stereocenters. The molecule has 7 nitrogen and oxygen atoms in total. The molecule has 31 heavy (non-hydrogen) atoms. The topological polar surface area (TPSA) is 88.2 Å². The summed E-state index contributed by atoms with van der Waals surface area (Å²) in [5.74, 6) is 1.03. The van der Waals surface area contributed by atoms with Crippen molar-refractivity contribution in [1.82, 2.24) is 20.1 Å². The van der Waals surface area contributed by atoms with Crippen molar-refractivity contribution >= 4 is 5.91 Å². The zero-order valence-electron chi connectivity index (χ0n) is 18.2. The number of carbonyl (C=O) groups is 1. The van der Waals surface area contributed by atoms with Crippen LogP contribution in [0.25, 0.3) is 11.4 Å². The predicted molar refractivity (Wildman–Crippen MR) is 120 cm³/mol. The van der Waals surface area contributed by atoms with E-state index < -0.39 is 0 Å². The molecule has 0 aliphatic rings. The van der Waals surface area contributed by atoms with Crippen LogP contribution >= 0.6 is 0 Å². The van der Waals surface area contributed by atoms with E-state index in [1.54, 1.807) is 11.9 Å². The first-order valence-corrected chi connectivity index (χ1v) is 10.5. The molecule has 0 fully saturated rings. The molecule has 1 aromatic heterocycles. The highest BCUT2D eigenvalue weighted by Gasteiger charge is 2.13. The predicted octanol–water partition coefficient (Wildman–Crippen LogP) is 3.60. The van der Waals surface area contributed by atoms with E-state index in [9.17, 15) is 9.59 Å². The van der Waals surface area contributed by atoms with Gasteiger partial charge in [-0.3, -0.25) is 9.59 Å². The van der Waals surface area contributed by atoms with Crippen LogP contribution in [0.15, 0.2) is 59.4 Å². The highest BCUT2D eigenvalue weighted by atomic mass is 16.5. The third-order valence-electron chi connectivity index (χ3n) is 5.05. The van der Waals surface area contributed by atoms with Gasteiger partial charge in [0.15, 0.2) is 5.82 Å². The van der Waals surface area contributed by atoms with Crippen molar-refractivity contribution in [1.29, 1.82) is 0 Å². The quantitative estimate of drug-likeness (QED) is 0.571. The fraction of sp³-hybridized carbons (Fsp3) is 0.333. The molecule has 0 aliphatic heterocycles. The van der Waals surface area contributed by atoms with E-state index >= 15 is 0 Å². The second kappa shape index (κ2) is 10.5. The number of H-pyrrole nitrogens is 1. The van der Waals surface area contributed by atoms with Crippen molar-refractivity contribution in [3.63, 3.8) is 0 Å². The third kappa shape index (κ3) is 6.25. The molecule has 0 unspecified atom stereocenters. The smallest absolute Gasteiger partial charge is 0.273 e. The molecule has 7 heteroatoms. The standard InChI is InChI=1S/C24H28N4O3/c1-4-17(2)31-20-12-8-11-19(15-20)23-25-24(30)21(26-27-23)13-14-22(29)28(3)16-18-9-6-5-7-10-18/h5-12,15,17H,4,13-14,16H2,1-3H3,(H,25,27,30)/t17-/m0/s1. The molecule has 1 N–H and O–H groups in total. The number of ether oxygens (including phenoxy) is 1. The molecular formula is C24H28N4O3. The Morgan fingerprint density at radius 3 is 2.61 bits per heavy atom. The summed E-state index contributed by atoms with van der Waals surface area (Å²) in [6.07, 6.45) is 1.42. The van der Waals surface area contributed by atoms with Gasteiger partial charge in [0.25, 0.3) is 5.56 Å². The van der Waals surface area contributed by atoms with Crippen LogP contribution in [-0.2, 0) is 17.8 Å². The van der Waals surface area contributed by atoms with Crippen molar-refractivity contribution in [3.8, 4) is 17.1 Å². The van der Waals surface area contributed by atoms with Gasteiger partial charge in [-0.25, -0.2) is 0 Å². The molecule has 3 rings (SSSR count). The van der Waals surface area contributed by atoms with Gasteiger partial charge in [-0.1, -0.05) is 49.4 Å². The van der Waals surface area contributed by atoms with E-state index in [-0.39, 0.29) is 36.1 Å². The van der Waals surface area contributed by atoms with Gasteiger partial charge in [-0.15, -0.1) is 10.2 Å². The fourth-order valence-corrected chi connectivity index (χ4v) is 3.05. The minimum absolute atomic E-state index is 0.0518. The van der Waals surface area contributed by atoms with E-state index in [0.717, 1.165) is 17.5 Å². The largest absolute Gasteiger partial charge is 0.491 e. The maximum Gasteiger partial charge on any atom is 0.273 e. The van der Waals surface area contributed by atoms with E-state index in [0.29, 0.717) is 18.1 Å². The lowest BCUT2D eigenvalue weighted by Crippen LogP contribution is -2.27. The van der Waals surface area contributed by atoms with Crippen molar-refractivity contribution in [2.45, 2.75) is 45.8 Å². The van der Waals surface area contributed by atoms with Crippen molar-refractivity contribution in [3.05, 3.63) is 76.2 Å². The fourth-order valence-electron chi connectivity index (χ4n) is 3.05. The summed E-state index contributed by atoms with van der Waals surface area (Å²) in [5, 5.41) is 8.23. The molecule has 1 heterocycles. The summed E-state index contributed by atoms with van der Waals surface area (Å²) in [5.41, 5.74) is 1.68. The Labute approximate surface area is 182 Å². The number of carbonyl (C=O) groups excluding carboxylic acids is 1. The third-order valence-corrected chi connectivity index (χ3v) is 5.05. The number of hydrogen-bond donors (Lipinski definition) is 1. The van der Waals surface area contributed by atoms with Gasteiger partial charge < -0.3 is 14.6 Å². The Bertz CT molecular complexity index is 1070. The summed E-state index contributed by atoms with van der Waals surface area (Å²) in [7, 11) is 1.75. The minimum atomic E-state index is -0.336. The highest BCUT2D eigenvalue weighted by Crippen LogP contribution is 2.21. The molecule has 2 aromatic carbocycles. The number of amides is 1. The lowest BCUT2D eigenvalue weighted by Gasteiger charge is -2.17. The van der Waals surface area contributed by atoms with Crippen LogP contribution in [0.4, 0.5) is 0 Å². The van der Waals surface area contributed by atoms with Gasteiger partial charge in [0, 0.05) is 32.0 Å². The number of aromatic nitrogens is 3. The Kier molecular flexibility index (Phi) is 7.54. The first kappa shape index (κ1) is 22.2. The number of aromatic amines is 1. The Hall–Kier alpha value is -3.48. The number of hydrogen-bond acceptors (Lipinski definition) is 5. The number of nitrogens with one attached hydrogen (secondary N) is 1. The van der Waals surface area contributed by atoms with Crippen LogP contribution in [0.5, 0.6) is 5.75 Å². The summed E-state index contributed by atoms with van der Waals surface area (Å²) < 4.78 is 5.83. The molecule has 162 valence electrons. The van der Waals surface area contributed by atoms with Crippen LogP contribution < -0.4 is 10.3 Å². The van der Waals surface area contributed by atoms with Crippen molar-refractivity contribution in [2.24, 2.45) is 0 Å². The first-order chi connectivity index (χ1) is 15.0. The second-order valence-corrected chi connectivity index (χ2v) is 7.55. The number of benzene rings is 2. The molecule has 0 radical (unpaired) electrons. The van der Waals surface area contributed by atoms with Crippen LogP contribution in [0, 0.1) is 0 Å².